The van der Waals surface area contributed by atoms with E-state index in [4.69, 9.17) is 9.47 Å². The molecular weight excluding hydrogens is 484 g/mol. The van der Waals surface area contributed by atoms with Gasteiger partial charge in [0.1, 0.15) is 24.7 Å². The fourth-order valence-corrected chi connectivity index (χ4v) is 4.24. The predicted molar refractivity (Wildman–Crippen MR) is 163 cm³/mol. The summed E-state index contributed by atoms with van der Waals surface area (Å²) < 4.78 is 11.4. The molecule has 0 amide bonds. The number of hydrogen-bond acceptors (Lipinski definition) is 4. The highest BCUT2D eigenvalue weighted by Gasteiger charge is 2.27. The van der Waals surface area contributed by atoms with Gasteiger partial charge in [0.25, 0.3) is 0 Å². The first-order valence-corrected chi connectivity index (χ1v) is 14.0. The van der Waals surface area contributed by atoms with Crippen LogP contribution in [0.3, 0.4) is 0 Å². The molecule has 2 aromatic rings. The molecule has 0 heterocycles. The van der Waals surface area contributed by atoms with Gasteiger partial charge in [-0.15, -0.1) is 0 Å². The highest BCUT2D eigenvalue weighted by Crippen LogP contribution is 2.39. The van der Waals surface area contributed by atoms with E-state index in [1.54, 1.807) is 24.7 Å². The van der Waals surface area contributed by atoms with Crippen molar-refractivity contribution in [3.05, 3.63) is 119 Å². The van der Waals surface area contributed by atoms with E-state index >= 15 is 0 Å². The summed E-state index contributed by atoms with van der Waals surface area (Å²) in [5.41, 5.74) is 4.91. The van der Waals surface area contributed by atoms with Gasteiger partial charge in [-0.2, -0.15) is 0 Å². The number of phenols is 2. The van der Waals surface area contributed by atoms with Crippen molar-refractivity contribution in [2.45, 2.75) is 85.4 Å². The average Bonchev–Trinajstić information content (AvgIpc) is 2.92. The molecule has 0 saturated carbocycles. The summed E-state index contributed by atoms with van der Waals surface area (Å²) in [6, 6.07) is 8.23. The second-order valence-corrected chi connectivity index (χ2v) is 10.0. The van der Waals surface area contributed by atoms with Gasteiger partial charge in [-0.05, 0) is 72.6 Å². The molecule has 0 aliphatic heterocycles. The third kappa shape index (κ3) is 9.24. The van der Waals surface area contributed by atoms with E-state index in [1.807, 2.05) is 18.2 Å². The van der Waals surface area contributed by atoms with Crippen LogP contribution in [0, 0.1) is 0 Å². The maximum atomic E-state index is 11.1. The van der Waals surface area contributed by atoms with Crippen LogP contribution in [0.4, 0.5) is 0 Å². The van der Waals surface area contributed by atoms with E-state index in [2.05, 4.69) is 77.6 Å². The van der Waals surface area contributed by atoms with Gasteiger partial charge < -0.3 is 19.7 Å². The molecule has 0 aliphatic carbocycles. The minimum atomic E-state index is -0.423. The molecule has 0 atom stereocenters. The van der Waals surface area contributed by atoms with Crippen molar-refractivity contribution in [1.82, 2.24) is 0 Å². The van der Waals surface area contributed by atoms with Crippen molar-refractivity contribution in [2.24, 2.45) is 0 Å². The zero-order valence-corrected chi connectivity index (χ0v) is 24.4. The Kier molecular flexibility index (Phi) is 13.2. The molecule has 4 heteroatoms. The van der Waals surface area contributed by atoms with Gasteiger partial charge in [0.15, 0.2) is 0 Å². The SMILES string of the molecule is C=CC=COCc1cc(C(C)(C)c2cc(CC=CCC)c(O)c(COC=CCC)c2)cc(CC=CCC)c1O. The second-order valence-electron chi connectivity index (χ2n) is 10.0. The van der Waals surface area contributed by atoms with Crippen LogP contribution in [0.2, 0.25) is 0 Å². The molecular formula is C35H46O4. The Labute approximate surface area is 235 Å². The fourth-order valence-electron chi connectivity index (χ4n) is 4.24. The van der Waals surface area contributed by atoms with Crippen molar-refractivity contribution in [2.75, 3.05) is 0 Å². The first kappa shape index (κ1) is 31.6. The molecule has 0 radical (unpaired) electrons. The Hall–Kier alpha value is -3.66. The molecule has 4 nitrogen and oxygen atoms in total. The monoisotopic (exact) mass is 530 g/mol. The Morgan fingerprint density at radius 2 is 1.10 bits per heavy atom. The third-order valence-electron chi connectivity index (χ3n) is 6.68. The molecule has 210 valence electrons. The lowest BCUT2D eigenvalue weighted by Gasteiger charge is -2.29. The van der Waals surface area contributed by atoms with Gasteiger partial charge in [0.2, 0.25) is 0 Å². The molecule has 0 bridgehead atoms. The molecule has 0 fully saturated rings. The minimum Gasteiger partial charge on any atom is -0.507 e. The van der Waals surface area contributed by atoms with Crippen molar-refractivity contribution < 1.29 is 19.7 Å². The Morgan fingerprint density at radius 3 is 1.54 bits per heavy atom. The summed E-state index contributed by atoms with van der Waals surface area (Å²) in [5.74, 6) is 0.537. The fraction of sp³-hybridized carbons (Fsp3) is 0.371. The van der Waals surface area contributed by atoms with Gasteiger partial charge in [-0.1, -0.05) is 89.8 Å². The van der Waals surface area contributed by atoms with Crippen molar-refractivity contribution in [3.63, 3.8) is 0 Å². The molecule has 0 unspecified atom stereocenters. The van der Waals surface area contributed by atoms with Crippen LogP contribution in [0.5, 0.6) is 11.5 Å². The summed E-state index contributed by atoms with van der Waals surface area (Å²) in [4.78, 5) is 0. The first-order valence-electron chi connectivity index (χ1n) is 14.0. The second kappa shape index (κ2) is 16.3. The third-order valence-corrected chi connectivity index (χ3v) is 6.68. The van der Waals surface area contributed by atoms with Crippen LogP contribution < -0.4 is 0 Å². The van der Waals surface area contributed by atoms with E-state index in [-0.39, 0.29) is 24.7 Å². The van der Waals surface area contributed by atoms with Gasteiger partial charge in [0, 0.05) is 16.5 Å². The predicted octanol–water partition coefficient (Wildman–Crippen LogP) is 9.10. The van der Waals surface area contributed by atoms with Gasteiger partial charge >= 0.3 is 0 Å². The Bertz CT molecular complexity index is 1180. The summed E-state index contributed by atoms with van der Waals surface area (Å²) in [6.07, 6.45) is 21.0. The van der Waals surface area contributed by atoms with Gasteiger partial charge in [-0.3, -0.25) is 0 Å². The smallest absolute Gasteiger partial charge is 0.125 e. The molecule has 0 saturated heterocycles. The summed E-state index contributed by atoms with van der Waals surface area (Å²) in [5, 5.41) is 22.2. The van der Waals surface area contributed by atoms with Gasteiger partial charge in [-0.25, -0.2) is 0 Å². The van der Waals surface area contributed by atoms with E-state index in [0.29, 0.717) is 12.8 Å². The van der Waals surface area contributed by atoms with Crippen LogP contribution >= 0.6 is 0 Å². The lowest BCUT2D eigenvalue weighted by atomic mass is 9.75. The van der Waals surface area contributed by atoms with E-state index in [0.717, 1.165) is 52.6 Å². The van der Waals surface area contributed by atoms with Crippen LogP contribution in [-0.2, 0) is 40.9 Å². The number of hydrogen-bond donors (Lipinski definition) is 2. The number of phenolic OH excluding ortho intramolecular Hbond substituents is 2. The number of allylic oxidation sites excluding steroid dienone is 7. The summed E-state index contributed by atoms with van der Waals surface area (Å²) in [7, 11) is 0. The topological polar surface area (TPSA) is 58.9 Å². The molecule has 2 aromatic carbocycles. The number of rotatable bonds is 16. The molecule has 0 aliphatic rings. The van der Waals surface area contributed by atoms with E-state index in [9.17, 15) is 10.2 Å². The molecule has 0 aromatic heterocycles. The quantitative estimate of drug-likeness (QED) is 0.129. The molecule has 0 spiro atoms. The van der Waals surface area contributed by atoms with Crippen molar-refractivity contribution in [1.29, 1.82) is 0 Å². The number of benzene rings is 2. The minimum absolute atomic E-state index is 0.246. The number of ether oxygens (including phenoxy) is 2. The van der Waals surface area contributed by atoms with Crippen LogP contribution in [0.1, 0.15) is 87.3 Å². The number of aromatic hydroxyl groups is 2. The van der Waals surface area contributed by atoms with Crippen LogP contribution in [0.25, 0.3) is 0 Å². The Balaban J connectivity index is 2.62. The molecule has 2 N–H and O–H groups in total. The van der Waals surface area contributed by atoms with Crippen LogP contribution in [0.15, 0.2) is 85.9 Å². The molecule has 39 heavy (non-hydrogen) atoms. The summed E-state index contributed by atoms with van der Waals surface area (Å²) >= 11 is 0. The molecule has 2 rings (SSSR count). The normalized spacial score (nSPS) is 12.3. The highest BCUT2D eigenvalue weighted by molar-refractivity contribution is 5.53. The Morgan fingerprint density at radius 1 is 0.667 bits per heavy atom. The lowest BCUT2D eigenvalue weighted by Crippen LogP contribution is -2.20. The average molecular weight is 531 g/mol. The van der Waals surface area contributed by atoms with E-state index < -0.39 is 5.41 Å². The highest BCUT2D eigenvalue weighted by atomic mass is 16.5. The van der Waals surface area contributed by atoms with Crippen LogP contribution in [-0.4, -0.2) is 10.2 Å². The first-order chi connectivity index (χ1) is 18.8. The standard InChI is InChI=1S/C35H46O4/c1-7-11-15-17-27-21-31(23-29(33(27)36)25-38-19-13-9-3)35(5,6)32-22-28(18-16-12-8-2)34(37)30(24-32)26-39-20-14-10-4/h9,11-16,19-24,36-37H,3,7-8,10,17-18,25-26H2,1-2,4-6H3. The van der Waals surface area contributed by atoms with Gasteiger partial charge in [0.05, 0.1) is 12.5 Å². The summed E-state index contributed by atoms with van der Waals surface area (Å²) in [6.45, 7) is 14.8. The van der Waals surface area contributed by atoms with Crippen molar-refractivity contribution >= 4 is 0 Å². The van der Waals surface area contributed by atoms with E-state index in [1.165, 1.54) is 0 Å². The lowest BCUT2D eigenvalue weighted by molar-refractivity contribution is 0.231. The maximum Gasteiger partial charge on any atom is 0.125 e. The zero-order valence-electron chi connectivity index (χ0n) is 24.4. The largest absolute Gasteiger partial charge is 0.507 e. The zero-order chi connectivity index (χ0) is 28.7. The maximum absolute atomic E-state index is 11.1. The van der Waals surface area contributed by atoms with Crippen molar-refractivity contribution in [3.8, 4) is 11.5 Å².